The molecule has 1 unspecified atom stereocenters. The minimum Gasteiger partial charge on any atom is -0.508 e. The van der Waals surface area contributed by atoms with E-state index in [1.54, 1.807) is 36.9 Å². The average molecular weight is 632 g/mol. The highest BCUT2D eigenvalue weighted by molar-refractivity contribution is 8.01. The zero-order valence-electron chi connectivity index (χ0n) is 25.4. The van der Waals surface area contributed by atoms with E-state index in [1.807, 2.05) is 37.3 Å². The molecule has 1 saturated heterocycles. The first-order valence-electron chi connectivity index (χ1n) is 15.4. The van der Waals surface area contributed by atoms with Gasteiger partial charge in [0.2, 0.25) is 5.91 Å². The number of nitrogens with one attached hydrogen (secondary N) is 2. The lowest BCUT2D eigenvalue weighted by Gasteiger charge is -2.35. The molecule has 6 rings (SSSR count). The van der Waals surface area contributed by atoms with Gasteiger partial charge in [-0.25, -0.2) is 4.39 Å². The van der Waals surface area contributed by atoms with Crippen LogP contribution in [0.2, 0.25) is 0 Å². The molecule has 3 fully saturated rings. The Kier molecular flexibility index (Phi) is 8.39. The Labute approximate surface area is 266 Å². The predicted molar refractivity (Wildman–Crippen MR) is 170 cm³/mol. The monoisotopic (exact) mass is 631 g/mol. The molecule has 10 heteroatoms. The lowest BCUT2D eigenvalue weighted by molar-refractivity contribution is -0.148. The van der Waals surface area contributed by atoms with Gasteiger partial charge in [-0.15, -0.1) is 11.8 Å². The molecule has 8 nitrogen and oxygen atoms in total. The number of hydrogen-bond donors (Lipinski definition) is 4. The van der Waals surface area contributed by atoms with Gasteiger partial charge in [0, 0.05) is 28.3 Å². The van der Waals surface area contributed by atoms with Crippen molar-refractivity contribution in [3.63, 3.8) is 0 Å². The van der Waals surface area contributed by atoms with Gasteiger partial charge in [0.15, 0.2) is 6.10 Å². The summed E-state index contributed by atoms with van der Waals surface area (Å²) in [7, 11) is 0. The second-order valence-corrected chi connectivity index (χ2v) is 13.9. The lowest BCUT2D eigenvalue weighted by atomic mass is 9.93. The molecule has 3 amide bonds. The standard InChI is InChI=1S/C35H38FN3O5S/c1-21-13-14-25(36)17-24(21)19-37-32(43)29-34(15-6-7-16-34)45-20-39(29)33(44)30(41)35(18-27(35)23-9-4-3-5-10-23)38-31(42)26-11-8-12-28(40)22(26)2/h3-5,8-14,17,27,29-30,40-41H,6-7,15-16,18-20H2,1-2H3,(H,37,43)(H,38,42)/t27-,29+,30+,35?/m0/s1. The molecule has 0 radical (unpaired) electrons. The van der Waals surface area contributed by atoms with Crippen LogP contribution in [0.5, 0.6) is 5.75 Å². The number of phenols is 1. The fourth-order valence-corrected chi connectivity index (χ4v) is 8.76. The van der Waals surface area contributed by atoms with Crippen molar-refractivity contribution in [3.05, 3.63) is 100 Å². The molecule has 4 atom stereocenters. The fraction of sp³-hybridized carbons (Fsp3) is 0.400. The van der Waals surface area contributed by atoms with Gasteiger partial charge in [-0.1, -0.05) is 55.3 Å². The SMILES string of the molecule is Cc1ccc(F)cc1CNC(=O)[C@H]1N(C(=O)[C@@H](O)C2(NC(=O)c3cccc(O)c3C)C[C@H]2c2ccccc2)CSC12CCCC2. The van der Waals surface area contributed by atoms with Crippen LogP contribution < -0.4 is 10.6 Å². The number of aliphatic hydroxyl groups is 1. The zero-order valence-corrected chi connectivity index (χ0v) is 26.2. The molecule has 2 aliphatic carbocycles. The summed E-state index contributed by atoms with van der Waals surface area (Å²) in [5.74, 6) is -1.97. The summed E-state index contributed by atoms with van der Waals surface area (Å²) in [5, 5.41) is 28.0. The van der Waals surface area contributed by atoms with Crippen molar-refractivity contribution in [1.29, 1.82) is 0 Å². The minimum atomic E-state index is -1.62. The van der Waals surface area contributed by atoms with Crippen LogP contribution in [-0.4, -0.2) is 61.1 Å². The van der Waals surface area contributed by atoms with Crippen molar-refractivity contribution in [3.8, 4) is 5.75 Å². The van der Waals surface area contributed by atoms with Crippen molar-refractivity contribution in [2.45, 2.75) is 80.8 Å². The molecule has 4 N–H and O–H groups in total. The highest BCUT2D eigenvalue weighted by atomic mass is 32.2. The second-order valence-electron chi connectivity index (χ2n) is 12.6. The van der Waals surface area contributed by atoms with E-state index in [2.05, 4.69) is 10.6 Å². The van der Waals surface area contributed by atoms with Crippen LogP contribution in [0.25, 0.3) is 0 Å². The predicted octanol–water partition coefficient (Wildman–Crippen LogP) is 4.70. The summed E-state index contributed by atoms with van der Waals surface area (Å²) in [6, 6.07) is 17.7. The lowest BCUT2D eigenvalue weighted by Crippen LogP contribution is -2.60. The van der Waals surface area contributed by atoms with Crippen LogP contribution in [0.3, 0.4) is 0 Å². The zero-order chi connectivity index (χ0) is 31.9. The van der Waals surface area contributed by atoms with Gasteiger partial charge in [0.25, 0.3) is 11.8 Å². The Hall–Kier alpha value is -3.89. The van der Waals surface area contributed by atoms with E-state index in [1.165, 1.54) is 23.1 Å². The molecule has 1 aliphatic heterocycles. The molecule has 236 valence electrons. The third kappa shape index (κ3) is 5.70. The highest BCUT2D eigenvalue weighted by Crippen LogP contribution is 2.56. The van der Waals surface area contributed by atoms with Crippen LogP contribution in [0.4, 0.5) is 4.39 Å². The first-order valence-corrected chi connectivity index (χ1v) is 16.4. The van der Waals surface area contributed by atoms with Gasteiger partial charge in [-0.05, 0) is 74.1 Å². The number of phenolic OH excluding ortho intramolecular Hbond substituents is 1. The largest absolute Gasteiger partial charge is 0.508 e. The van der Waals surface area contributed by atoms with E-state index >= 15 is 0 Å². The molecule has 2 saturated carbocycles. The maximum Gasteiger partial charge on any atom is 0.255 e. The minimum absolute atomic E-state index is 0.0260. The summed E-state index contributed by atoms with van der Waals surface area (Å²) >= 11 is 1.57. The van der Waals surface area contributed by atoms with Gasteiger partial charge in [0.1, 0.15) is 17.6 Å². The Balaban J connectivity index is 1.28. The maximum atomic E-state index is 14.3. The van der Waals surface area contributed by atoms with Gasteiger partial charge < -0.3 is 25.7 Å². The Morgan fingerprint density at radius 1 is 1.04 bits per heavy atom. The number of aliphatic hydroxyl groups excluding tert-OH is 1. The smallest absolute Gasteiger partial charge is 0.255 e. The van der Waals surface area contributed by atoms with Crippen molar-refractivity contribution in [1.82, 2.24) is 15.5 Å². The second kappa shape index (κ2) is 12.1. The Morgan fingerprint density at radius 2 is 1.78 bits per heavy atom. The number of rotatable bonds is 8. The molecule has 3 aliphatic rings. The summed E-state index contributed by atoms with van der Waals surface area (Å²) in [6.45, 7) is 3.60. The molecular formula is C35H38FN3O5S. The van der Waals surface area contributed by atoms with Crippen LogP contribution in [-0.2, 0) is 16.1 Å². The Bertz CT molecular complexity index is 1630. The molecule has 3 aromatic carbocycles. The van der Waals surface area contributed by atoms with Crippen molar-refractivity contribution in [2.75, 3.05) is 5.88 Å². The number of nitrogens with zero attached hydrogens (tertiary/aromatic N) is 1. The van der Waals surface area contributed by atoms with Crippen LogP contribution in [0.15, 0.2) is 66.7 Å². The number of hydrogen-bond acceptors (Lipinski definition) is 6. The van der Waals surface area contributed by atoms with Gasteiger partial charge in [-0.3, -0.25) is 14.4 Å². The molecule has 3 aromatic rings. The molecular weight excluding hydrogens is 593 g/mol. The van der Waals surface area contributed by atoms with Crippen molar-refractivity contribution in [2.24, 2.45) is 0 Å². The van der Waals surface area contributed by atoms with E-state index in [9.17, 15) is 29.0 Å². The molecule has 45 heavy (non-hydrogen) atoms. The number of aryl methyl sites for hydroxylation is 1. The number of benzene rings is 3. The number of thioether (sulfide) groups is 1. The number of carbonyl (C=O) groups is 3. The number of halogens is 1. The quantitative estimate of drug-likeness (QED) is 0.287. The highest BCUT2D eigenvalue weighted by Gasteiger charge is 2.65. The third-order valence-corrected chi connectivity index (χ3v) is 11.5. The first kappa shape index (κ1) is 31.1. The van der Waals surface area contributed by atoms with E-state index in [0.717, 1.165) is 36.8 Å². The number of carbonyl (C=O) groups excluding carboxylic acids is 3. The van der Waals surface area contributed by atoms with E-state index in [-0.39, 0.29) is 41.4 Å². The topological polar surface area (TPSA) is 119 Å². The van der Waals surface area contributed by atoms with Crippen molar-refractivity contribution < 1.29 is 29.0 Å². The Morgan fingerprint density at radius 3 is 2.51 bits per heavy atom. The first-order chi connectivity index (χ1) is 21.6. The average Bonchev–Trinajstić information content (AvgIpc) is 3.36. The summed E-state index contributed by atoms with van der Waals surface area (Å²) in [5.41, 5.74) is 1.71. The molecule has 1 heterocycles. The molecule has 1 spiro atoms. The normalized spacial score (nSPS) is 24.0. The van der Waals surface area contributed by atoms with Crippen LogP contribution in [0, 0.1) is 19.7 Å². The van der Waals surface area contributed by atoms with Gasteiger partial charge in [-0.2, -0.15) is 0 Å². The number of amides is 3. The van der Waals surface area contributed by atoms with Gasteiger partial charge >= 0.3 is 0 Å². The number of aromatic hydroxyl groups is 1. The van der Waals surface area contributed by atoms with Crippen molar-refractivity contribution >= 4 is 29.5 Å². The summed E-state index contributed by atoms with van der Waals surface area (Å²) in [6.07, 6.45) is 2.10. The van der Waals surface area contributed by atoms with Crippen LogP contribution in [0.1, 0.15) is 70.6 Å². The summed E-state index contributed by atoms with van der Waals surface area (Å²) in [4.78, 5) is 43.3. The molecule has 0 bridgehead atoms. The van der Waals surface area contributed by atoms with Gasteiger partial charge in [0.05, 0.1) is 11.4 Å². The summed E-state index contributed by atoms with van der Waals surface area (Å²) < 4.78 is 13.5. The van der Waals surface area contributed by atoms with E-state index in [4.69, 9.17) is 0 Å². The maximum absolute atomic E-state index is 14.3. The van der Waals surface area contributed by atoms with E-state index < -0.39 is 34.2 Å². The fourth-order valence-electron chi connectivity index (χ4n) is 7.12. The van der Waals surface area contributed by atoms with E-state index in [0.29, 0.717) is 17.5 Å². The molecule has 0 aromatic heterocycles. The van der Waals surface area contributed by atoms with Crippen LogP contribution >= 0.6 is 11.8 Å². The third-order valence-electron chi connectivity index (χ3n) is 9.87.